The Morgan fingerprint density at radius 2 is 0.500 bits per heavy atom. The average molecular weight is 669 g/mol. The van der Waals surface area contributed by atoms with Gasteiger partial charge in [0.1, 0.15) is 0 Å². The van der Waals surface area contributed by atoms with Crippen molar-refractivity contribution in [1.29, 1.82) is 0 Å². The first-order valence-electron chi connectivity index (χ1n) is 14.7. The summed E-state index contributed by atoms with van der Waals surface area (Å²) in [5.74, 6) is 0. The predicted molar refractivity (Wildman–Crippen MR) is 190 cm³/mol. The lowest BCUT2D eigenvalue weighted by Gasteiger charge is -2.07. The molecule has 1 aromatic heterocycles. The molecule has 0 unspecified atom stereocenters. The predicted octanol–water partition coefficient (Wildman–Crippen LogP) is 8.79. The lowest BCUT2D eigenvalue weighted by molar-refractivity contribution is -0.385. The lowest BCUT2D eigenvalue weighted by atomic mass is 10.1. The van der Waals surface area contributed by atoms with Gasteiger partial charge in [0, 0.05) is 48.5 Å². The van der Waals surface area contributed by atoms with Crippen LogP contribution < -0.4 is 0 Å². The van der Waals surface area contributed by atoms with Crippen LogP contribution in [-0.4, -0.2) is 29.7 Å². The van der Waals surface area contributed by atoms with Crippen molar-refractivity contribution in [3.63, 3.8) is 0 Å². The standard InChI is InChI=1S/C36H24N6O8/c43-39(44)29-13-1-25(2-14-29)9-21-33-34(22-10-26-3-15-30(16-4-26)40(45)46)38-36(24-12-28-7-19-32(20-8-28)42(49)50)35(37-33)23-11-27-5-17-31(18-6-27)41(47)48/h1-24H/b21-9+,22-10+,23-11+,24-12+. The average Bonchev–Trinajstić information content (AvgIpc) is 3.12. The van der Waals surface area contributed by atoms with Gasteiger partial charge >= 0.3 is 0 Å². The molecule has 50 heavy (non-hydrogen) atoms. The van der Waals surface area contributed by atoms with Gasteiger partial charge in [-0.2, -0.15) is 0 Å². The van der Waals surface area contributed by atoms with Crippen LogP contribution in [0.5, 0.6) is 0 Å². The lowest BCUT2D eigenvalue weighted by Crippen LogP contribution is -2.00. The van der Waals surface area contributed by atoms with Gasteiger partial charge in [0.05, 0.1) is 42.5 Å². The fraction of sp³-hybridized carbons (Fsp3) is 0. The minimum absolute atomic E-state index is 0.0588. The first kappa shape index (κ1) is 33.9. The Morgan fingerprint density at radius 3 is 0.660 bits per heavy atom. The Bertz CT molecular complexity index is 1880. The van der Waals surface area contributed by atoms with Gasteiger partial charge in [-0.3, -0.25) is 40.5 Å². The smallest absolute Gasteiger partial charge is 0.258 e. The summed E-state index contributed by atoms with van der Waals surface area (Å²) in [6, 6.07) is 23.7. The number of hydrogen-bond donors (Lipinski definition) is 0. The summed E-state index contributed by atoms with van der Waals surface area (Å²) in [5, 5.41) is 44.4. The van der Waals surface area contributed by atoms with E-state index in [9.17, 15) is 40.5 Å². The SMILES string of the molecule is O=[N+]([O-])c1ccc(/C=C/c2nc(/C=C/c3ccc([N+](=O)[O-])cc3)c(/C=C/c3ccc([N+](=O)[O-])cc3)nc2/C=C/c2ccc([N+](=O)[O-])cc2)cc1. The minimum Gasteiger partial charge on any atom is -0.258 e. The molecule has 246 valence electrons. The van der Waals surface area contributed by atoms with E-state index in [2.05, 4.69) is 0 Å². The number of rotatable bonds is 12. The number of nitro groups is 4. The molecule has 0 aliphatic carbocycles. The van der Waals surface area contributed by atoms with E-state index in [1.807, 2.05) is 0 Å². The molecule has 0 bridgehead atoms. The van der Waals surface area contributed by atoms with Crippen LogP contribution in [0, 0.1) is 40.5 Å². The van der Waals surface area contributed by atoms with Crippen molar-refractivity contribution in [1.82, 2.24) is 9.97 Å². The molecule has 4 aromatic carbocycles. The van der Waals surface area contributed by atoms with E-state index < -0.39 is 19.7 Å². The first-order valence-corrected chi connectivity index (χ1v) is 14.7. The van der Waals surface area contributed by atoms with E-state index in [1.54, 1.807) is 97.1 Å². The Kier molecular flexibility index (Phi) is 10.4. The van der Waals surface area contributed by atoms with E-state index in [4.69, 9.17) is 9.97 Å². The summed E-state index contributed by atoms with van der Waals surface area (Å²) in [7, 11) is 0. The van der Waals surface area contributed by atoms with Crippen LogP contribution in [0.4, 0.5) is 22.7 Å². The topological polar surface area (TPSA) is 198 Å². The third-order valence-corrected chi connectivity index (χ3v) is 7.16. The van der Waals surface area contributed by atoms with Gasteiger partial charge in [-0.15, -0.1) is 0 Å². The number of non-ortho nitro benzene ring substituents is 4. The van der Waals surface area contributed by atoms with Crippen molar-refractivity contribution in [3.8, 4) is 0 Å². The minimum atomic E-state index is -0.494. The molecule has 0 aliphatic heterocycles. The molecule has 0 N–H and O–H groups in total. The van der Waals surface area contributed by atoms with Gasteiger partial charge < -0.3 is 0 Å². The second-order valence-electron chi connectivity index (χ2n) is 10.5. The summed E-state index contributed by atoms with van der Waals surface area (Å²) in [6.45, 7) is 0. The second-order valence-corrected chi connectivity index (χ2v) is 10.5. The Labute approximate surface area is 283 Å². The first-order chi connectivity index (χ1) is 24.0. The third kappa shape index (κ3) is 8.86. The number of nitro benzene ring substituents is 4. The summed E-state index contributed by atoms with van der Waals surface area (Å²) in [4.78, 5) is 52.2. The molecule has 0 spiro atoms. The van der Waals surface area contributed by atoms with E-state index in [1.165, 1.54) is 48.5 Å². The third-order valence-electron chi connectivity index (χ3n) is 7.16. The number of benzene rings is 4. The molecule has 0 saturated heterocycles. The summed E-state index contributed by atoms with van der Waals surface area (Å²) in [6.07, 6.45) is 13.6. The van der Waals surface area contributed by atoms with Gasteiger partial charge in [-0.25, -0.2) is 9.97 Å². The zero-order valence-electron chi connectivity index (χ0n) is 25.8. The van der Waals surface area contributed by atoms with Crippen LogP contribution in [0.2, 0.25) is 0 Å². The molecule has 0 amide bonds. The highest BCUT2D eigenvalue weighted by Gasteiger charge is 2.11. The van der Waals surface area contributed by atoms with Crippen molar-refractivity contribution in [2.45, 2.75) is 0 Å². The van der Waals surface area contributed by atoms with Crippen molar-refractivity contribution in [2.24, 2.45) is 0 Å². The van der Waals surface area contributed by atoms with Gasteiger partial charge in [0.25, 0.3) is 22.7 Å². The Morgan fingerprint density at radius 1 is 0.320 bits per heavy atom. The van der Waals surface area contributed by atoms with Gasteiger partial charge in [-0.05, 0) is 95.1 Å². The molecular formula is C36H24N6O8. The van der Waals surface area contributed by atoms with Gasteiger partial charge in [0.15, 0.2) is 0 Å². The van der Waals surface area contributed by atoms with E-state index in [0.717, 1.165) is 0 Å². The number of aromatic nitrogens is 2. The highest BCUT2D eigenvalue weighted by atomic mass is 16.6. The van der Waals surface area contributed by atoms with E-state index in [0.29, 0.717) is 45.0 Å². The Hall–Kier alpha value is -7.48. The van der Waals surface area contributed by atoms with E-state index in [-0.39, 0.29) is 22.7 Å². The maximum atomic E-state index is 11.1. The zero-order valence-corrected chi connectivity index (χ0v) is 25.8. The van der Waals surface area contributed by atoms with Crippen LogP contribution in [-0.2, 0) is 0 Å². The Balaban J connectivity index is 1.60. The molecule has 14 nitrogen and oxygen atoms in total. The van der Waals surface area contributed by atoms with E-state index >= 15 is 0 Å². The van der Waals surface area contributed by atoms with Gasteiger partial charge in [0.2, 0.25) is 0 Å². The molecule has 0 fully saturated rings. The summed E-state index contributed by atoms with van der Waals surface area (Å²) in [5.41, 5.74) is 4.06. The van der Waals surface area contributed by atoms with Crippen LogP contribution in [0.3, 0.4) is 0 Å². The quantitative estimate of drug-likeness (QED) is 0.0914. The molecule has 1 heterocycles. The van der Waals surface area contributed by atoms with Crippen LogP contribution in [0.25, 0.3) is 48.6 Å². The fourth-order valence-electron chi connectivity index (χ4n) is 4.51. The molecule has 14 heteroatoms. The molecule has 0 aliphatic rings. The molecule has 5 rings (SSSR count). The van der Waals surface area contributed by atoms with Crippen LogP contribution >= 0.6 is 0 Å². The highest BCUT2D eigenvalue weighted by molar-refractivity contribution is 5.81. The zero-order chi connectivity index (χ0) is 35.6. The maximum absolute atomic E-state index is 11.1. The number of hydrogen-bond acceptors (Lipinski definition) is 10. The highest BCUT2D eigenvalue weighted by Crippen LogP contribution is 2.23. The van der Waals surface area contributed by atoms with Crippen molar-refractivity contribution in [2.75, 3.05) is 0 Å². The molecule has 0 atom stereocenters. The van der Waals surface area contributed by atoms with Crippen molar-refractivity contribution >= 4 is 71.4 Å². The van der Waals surface area contributed by atoms with Crippen molar-refractivity contribution in [3.05, 3.63) is 183 Å². The largest absolute Gasteiger partial charge is 0.269 e. The maximum Gasteiger partial charge on any atom is 0.269 e. The van der Waals surface area contributed by atoms with Crippen molar-refractivity contribution < 1.29 is 19.7 Å². The monoisotopic (exact) mass is 668 g/mol. The van der Waals surface area contributed by atoms with Crippen LogP contribution in [0.15, 0.2) is 97.1 Å². The number of nitrogens with zero attached hydrogens (tertiary/aromatic N) is 6. The summed E-state index contributed by atoms with van der Waals surface area (Å²) < 4.78 is 0. The van der Waals surface area contributed by atoms with Crippen LogP contribution in [0.1, 0.15) is 45.0 Å². The molecule has 0 saturated carbocycles. The summed E-state index contributed by atoms with van der Waals surface area (Å²) >= 11 is 0. The normalized spacial score (nSPS) is 11.5. The molecular weight excluding hydrogens is 644 g/mol. The molecule has 5 aromatic rings. The fourth-order valence-corrected chi connectivity index (χ4v) is 4.51. The van der Waals surface area contributed by atoms with Gasteiger partial charge in [-0.1, -0.05) is 24.3 Å². The second kappa shape index (κ2) is 15.4. The molecule has 0 radical (unpaired) electrons.